The van der Waals surface area contributed by atoms with Gasteiger partial charge in [-0.05, 0) is 30.2 Å². The highest BCUT2D eigenvalue weighted by atomic mass is 16.6. The highest BCUT2D eigenvalue weighted by molar-refractivity contribution is 5.95. The maximum atomic E-state index is 12.2. The van der Waals surface area contributed by atoms with E-state index in [1.165, 1.54) is 6.07 Å². The maximum Gasteiger partial charge on any atom is 0.338 e. The van der Waals surface area contributed by atoms with Gasteiger partial charge in [0, 0.05) is 12.7 Å². The fourth-order valence-electron chi connectivity index (χ4n) is 2.13. The normalized spacial score (nSPS) is 19.1. The maximum absolute atomic E-state index is 12.2. The van der Waals surface area contributed by atoms with Crippen LogP contribution in [0.1, 0.15) is 39.6 Å². The van der Waals surface area contributed by atoms with E-state index in [0.717, 1.165) is 17.7 Å². The molecular formula is C18H21NO6. The zero-order chi connectivity index (χ0) is 17.6. The summed E-state index contributed by atoms with van der Waals surface area (Å²) < 4.78 is 20.4. The molecule has 134 valence electrons. The van der Waals surface area contributed by atoms with E-state index in [2.05, 4.69) is 5.32 Å². The molecule has 0 aliphatic carbocycles. The van der Waals surface area contributed by atoms with E-state index in [1.807, 2.05) is 6.92 Å². The van der Waals surface area contributed by atoms with Crippen LogP contribution in [0.5, 0.6) is 0 Å². The standard InChI is InChI=1S/C18H21NO6/c1-2-3-22-17(20)13-4-12(7-19-8-15-9-23-15)5-14(6-13)18(21)25-11-16-10-24-16/h4-6,8,16,19H,2-3,7,9-11H2,1H3/b15-8+. The first-order valence-corrected chi connectivity index (χ1v) is 8.30. The van der Waals surface area contributed by atoms with Crippen molar-refractivity contribution >= 4 is 11.9 Å². The number of epoxide rings is 2. The van der Waals surface area contributed by atoms with Gasteiger partial charge in [0.1, 0.15) is 25.1 Å². The van der Waals surface area contributed by atoms with Gasteiger partial charge in [-0.1, -0.05) is 6.92 Å². The molecule has 0 aromatic heterocycles. The Morgan fingerprint density at radius 1 is 1.24 bits per heavy atom. The van der Waals surface area contributed by atoms with Crippen molar-refractivity contribution in [1.29, 1.82) is 0 Å². The third-order valence-corrected chi connectivity index (χ3v) is 3.58. The second-order valence-electron chi connectivity index (χ2n) is 5.89. The minimum atomic E-state index is -0.481. The molecule has 0 bridgehead atoms. The summed E-state index contributed by atoms with van der Waals surface area (Å²) in [5, 5.41) is 3.09. The average Bonchev–Trinajstić information content (AvgIpc) is 3.52. The Balaban J connectivity index is 1.71. The van der Waals surface area contributed by atoms with Crippen molar-refractivity contribution in [2.24, 2.45) is 0 Å². The lowest BCUT2D eigenvalue weighted by Gasteiger charge is -2.10. The van der Waals surface area contributed by atoms with Crippen LogP contribution in [-0.2, 0) is 25.5 Å². The van der Waals surface area contributed by atoms with Gasteiger partial charge in [0.25, 0.3) is 0 Å². The number of carbonyl (C=O) groups excluding carboxylic acids is 2. The van der Waals surface area contributed by atoms with Crippen LogP contribution < -0.4 is 5.32 Å². The van der Waals surface area contributed by atoms with Gasteiger partial charge in [-0.25, -0.2) is 9.59 Å². The molecule has 1 aromatic carbocycles. The van der Waals surface area contributed by atoms with Gasteiger partial charge >= 0.3 is 11.9 Å². The molecular weight excluding hydrogens is 326 g/mol. The molecule has 7 heteroatoms. The van der Waals surface area contributed by atoms with E-state index in [9.17, 15) is 9.59 Å². The molecule has 2 heterocycles. The number of benzene rings is 1. The number of esters is 2. The summed E-state index contributed by atoms with van der Waals surface area (Å²) >= 11 is 0. The number of rotatable bonds is 9. The smallest absolute Gasteiger partial charge is 0.338 e. The second kappa shape index (κ2) is 8.02. The topological polar surface area (TPSA) is 89.7 Å². The van der Waals surface area contributed by atoms with Crippen LogP contribution in [0.2, 0.25) is 0 Å². The van der Waals surface area contributed by atoms with Crippen molar-refractivity contribution in [2.45, 2.75) is 26.0 Å². The highest BCUT2D eigenvalue weighted by Crippen LogP contribution is 2.16. The van der Waals surface area contributed by atoms with Crippen molar-refractivity contribution < 1.29 is 28.5 Å². The van der Waals surface area contributed by atoms with Gasteiger partial charge in [-0.2, -0.15) is 0 Å². The second-order valence-corrected chi connectivity index (χ2v) is 5.89. The lowest BCUT2D eigenvalue weighted by atomic mass is 10.1. The van der Waals surface area contributed by atoms with Crippen LogP contribution in [0.25, 0.3) is 0 Å². The Morgan fingerprint density at radius 3 is 2.52 bits per heavy atom. The quantitative estimate of drug-likeness (QED) is 0.538. The van der Waals surface area contributed by atoms with Crippen molar-refractivity contribution in [1.82, 2.24) is 5.32 Å². The molecule has 2 saturated heterocycles. The summed E-state index contributed by atoms with van der Waals surface area (Å²) in [5.41, 5.74) is 1.43. The summed E-state index contributed by atoms with van der Waals surface area (Å²) in [6.07, 6.45) is 2.49. The van der Waals surface area contributed by atoms with E-state index in [1.54, 1.807) is 18.3 Å². The lowest BCUT2D eigenvalue weighted by Crippen LogP contribution is -2.14. The largest absolute Gasteiger partial charge is 0.485 e. The first-order valence-electron chi connectivity index (χ1n) is 8.30. The van der Waals surface area contributed by atoms with Gasteiger partial charge in [0.15, 0.2) is 0 Å². The lowest BCUT2D eigenvalue weighted by molar-refractivity contribution is 0.0476. The van der Waals surface area contributed by atoms with Crippen molar-refractivity contribution in [3.05, 3.63) is 46.8 Å². The van der Waals surface area contributed by atoms with E-state index < -0.39 is 11.9 Å². The Morgan fingerprint density at radius 2 is 1.92 bits per heavy atom. The van der Waals surface area contributed by atoms with Gasteiger partial charge in [0.05, 0.1) is 24.3 Å². The summed E-state index contributed by atoms with van der Waals surface area (Å²) in [6, 6.07) is 4.91. The molecule has 0 amide bonds. The SMILES string of the molecule is CCCOC(=O)c1cc(CN/C=C2\CO2)cc(C(=O)OCC2CO2)c1. The number of nitrogens with one attached hydrogen (secondary N) is 1. The van der Waals surface area contributed by atoms with Gasteiger partial charge < -0.3 is 24.3 Å². The third-order valence-electron chi connectivity index (χ3n) is 3.58. The highest BCUT2D eigenvalue weighted by Gasteiger charge is 2.25. The van der Waals surface area contributed by atoms with Crippen molar-refractivity contribution in [2.75, 3.05) is 26.4 Å². The molecule has 1 aromatic rings. The van der Waals surface area contributed by atoms with E-state index in [-0.39, 0.29) is 12.7 Å². The molecule has 2 aliphatic rings. The zero-order valence-corrected chi connectivity index (χ0v) is 14.1. The molecule has 1 unspecified atom stereocenters. The van der Waals surface area contributed by atoms with Crippen LogP contribution in [-0.4, -0.2) is 44.5 Å². The minimum absolute atomic E-state index is 0.00652. The fraction of sp³-hybridized carbons (Fsp3) is 0.444. The molecule has 0 spiro atoms. The summed E-state index contributed by atoms with van der Waals surface area (Å²) in [5.74, 6) is -0.0551. The average molecular weight is 347 g/mol. The minimum Gasteiger partial charge on any atom is -0.485 e. The van der Waals surface area contributed by atoms with E-state index in [4.69, 9.17) is 18.9 Å². The fourth-order valence-corrected chi connectivity index (χ4v) is 2.13. The number of hydrogen-bond acceptors (Lipinski definition) is 7. The zero-order valence-electron chi connectivity index (χ0n) is 14.1. The van der Waals surface area contributed by atoms with Gasteiger partial charge in [-0.3, -0.25) is 0 Å². The predicted octanol–water partition coefficient (Wildman–Crippen LogP) is 1.77. The van der Waals surface area contributed by atoms with Crippen LogP contribution >= 0.6 is 0 Å². The van der Waals surface area contributed by atoms with Gasteiger partial charge in [-0.15, -0.1) is 0 Å². The third kappa shape index (κ3) is 5.49. The van der Waals surface area contributed by atoms with Crippen LogP contribution in [0, 0.1) is 0 Å². The first kappa shape index (κ1) is 17.3. The summed E-state index contributed by atoms with van der Waals surface area (Å²) in [7, 11) is 0. The number of ether oxygens (including phenoxy) is 4. The van der Waals surface area contributed by atoms with E-state index in [0.29, 0.717) is 37.5 Å². The van der Waals surface area contributed by atoms with E-state index >= 15 is 0 Å². The molecule has 2 aliphatic heterocycles. The predicted molar refractivity (Wildman–Crippen MR) is 87.9 cm³/mol. The summed E-state index contributed by atoms with van der Waals surface area (Å²) in [6.45, 7) is 4.18. The van der Waals surface area contributed by atoms with Gasteiger partial charge in [0.2, 0.25) is 0 Å². The summed E-state index contributed by atoms with van der Waals surface area (Å²) in [4.78, 5) is 24.4. The van der Waals surface area contributed by atoms with Crippen LogP contribution in [0.3, 0.4) is 0 Å². The molecule has 0 radical (unpaired) electrons. The number of carbonyl (C=O) groups is 2. The Hall–Kier alpha value is -2.54. The molecule has 1 N–H and O–H groups in total. The van der Waals surface area contributed by atoms with Crippen molar-refractivity contribution in [3.63, 3.8) is 0 Å². The Bertz CT molecular complexity index is 674. The van der Waals surface area contributed by atoms with Crippen LogP contribution in [0.4, 0.5) is 0 Å². The molecule has 25 heavy (non-hydrogen) atoms. The van der Waals surface area contributed by atoms with Crippen molar-refractivity contribution in [3.8, 4) is 0 Å². The molecule has 1 atom stereocenters. The molecule has 7 nitrogen and oxygen atoms in total. The molecule has 3 rings (SSSR count). The molecule has 2 fully saturated rings. The Labute approximate surface area is 145 Å². The Kier molecular flexibility index (Phi) is 5.55. The first-order chi connectivity index (χ1) is 12.2. The van der Waals surface area contributed by atoms with Crippen LogP contribution in [0.15, 0.2) is 30.2 Å². The number of hydrogen-bond donors (Lipinski definition) is 1. The molecule has 0 saturated carbocycles. The monoisotopic (exact) mass is 347 g/mol.